The normalized spacial score (nSPS) is 11.9. The van der Waals surface area contributed by atoms with Gasteiger partial charge in [0.1, 0.15) is 0 Å². The molecule has 0 saturated carbocycles. The maximum absolute atomic E-state index is 10.2. The number of rotatable bonds is 14. The number of unbranched alkanes of at least 4 members (excludes halogenated alkanes) is 4. The molecule has 1 radical (unpaired) electrons. The summed E-state index contributed by atoms with van der Waals surface area (Å²) in [7, 11) is 0. The topological polar surface area (TPSA) is 40.1 Å². The van der Waals surface area contributed by atoms with E-state index in [1.54, 1.807) is 0 Å². The Morgan fingerprint density at radius 1 is 0.739 bits per heavy atom. The molecule has 3 heteroatoms. The van der Waals surface area contributed by atoms with Gasteiger partial charge in [-0.15, -0.1) is 0 Å². The largest absolute Gasteiger partial charge is 0.550 e. The minimum Gasteiger partial charge on any atom is -0.550 e. The molecule has 0 rings (SSSR count). The van der Waals surface area contributed by atoms with E-state index >= 15 is 0 Å². The number of hydrogen-bond donors (Lipinski definition) is 0. The second-order valence-electron chi connectivity index (χ2n) is 5.35. The Labute approximate surface area is 164 Å². The van der Waals surface area contributed by atoms with Crippen molar-refractivity contribution >= 4 is 35.5 Å². The minimum absolute atomic E-state index is 0. The van der Waals surface area contributed by atoms with Crippen LogP contribution in [-0.4, -0.2) is 35.5 Å². The predicted octanol–water partition coefficient (Wildman–Crippen LogP) is 4.50. The van der Waals surface area contributed by atoms with Crippen LogP contribution in [0.25, 0.3) is 0 Å². The van der Waals surface area contributed by atoms with Crippen LogP contribution in [0.15, 0.2) is 48.6 Å². The molecule has 0 aromatic carbocycles. The predicted molar refractivity (Wildman–Crippen MR) is 99.2 cm³/mol. The summed E-state index contributed by atoms with van der Waals surface area (Å²) < 4.78 is 0. The third-order valence-electron chi connectivity index (χ3n) is 3.21. The Balaban J connectivity index is 0. The zero-order chi connectivity index (χ0) is 16.3. The van der Waals surface area contributed by atoms with Gasteiger partial charge in [-0.3, -0.25) is 0 Å². The van der Waals surface area contributed by atoms with Crippen LogP contribution in [0.4, 0.5) is 0 Å². The fourth-order valence-electron chi connectivity index (χ4n) is 1.93. The van der Waals surface area contributed by atoms with Gasteiger partial charge in [-0.05, 0) is 51.4 Å². The number of allylic oxidation sites excluding steroid dienone is 8. The van der Waals surface area contributed by atoms with Crippen molar-refractivity contribution in [2.45, 2.75) is 71.1 Å². The summed E-state index contributed by atoms with van der Waals surface area (Å²) in [5, 5.41) is 10.2. The number of aliphatic carboxylic acids is 1. The van der Waals surface area contributed by atoms with Crippen molar-refractivity contribution in [3.63, 3.8) is 0 Å². The number of carboxylic acid groups (broad SMARTS) is 1. The molecule has 0 spiro atoms. The van der Waals surface area contributed by atoms with E-state index in [4.69, 9.17) is 0 Å². The molecule has 0 N–H and O–H groups in total. The second kappa shape index (κ2) is 21.4. The molecule has 2 nitrogen and oxygen atoms in total. The Morgan fingerprint density at radius 3 is 1.61 bits per heavy atom. The summed E-state index contributed by atoms with van der Waals surface area (Å²) in [5.74, 6) is -0.962. The molecular formula is C20H31NaO2-. The van der Waals surface area contributed by atoms with Crippen molar-refractivity contribution in [2.24, 2.45) is 0 Å². The first-order valence-electron chi connectivity index (χ1n) is 8.57. The van der Waals surface area contributed by atoms with Gasteiger partial charge in [0.25, 0.3) is 0 Å². The Bertz CT molecular complexity index is 368. The zero-order valence-corrected chi connectivity index (χ0v) is 17.0. The van der Waals surface area contributed by atoms with E-state index in [0.29, 0.717) is 6.42 Å². The van der Waals surface area contributed by atoms with Crippen molar-refractivity contribution in [2.75, 3.05) is 0 Å². The maximum atomic E-state index is 10.2. The van der Waals surface area contributed by atoms with Crippen molar-refractivity contribution < 1.29 is 9.90 Å². The summed E-state index contributed by atoms with van der Waals surface area (Å²) in [6, 6.07) is 0. The van der Waals surface area contributed by atoms with Crippen LogP contribution < -0.4 is 5.11 Å². The number of carboxylic acids is 1. The van der Waals surface area contributed by atoms with Gasteiger partial charge in [-0.1, -0.05) is 68.4 Å². The molecule has 0 amide bonds. The first kappa shape index (κ1) is 24.7. The first-order valence-corrected chi connectivity index (χ1v) is 8.57. The van der Waals surface area contributed by atoms with E-state index in [9.17, 15) is 9.90 Å². The average molecular weight is 326 g/mol. The van der Waals surface area contributed by atoms with Crippen molar-refractivity contribution in [3.05, 3.63) is 48.6 Å². The smallest absolute Gasteiger partial charge is 0.0414 e. The Morgan fingerprint density at radius 2 is 1.17 bits per heavy atom. The van der Waals surface area contributed by atoms with Crippen molar-refractivity contribution in [3.8, 4) is 0 Å². The summed E-state index contributed by atoms with van der Waals surface area (Å²) >= 11 is 0. The molecule has 0 bridgehead atoms. The molecule has 0 unspecified atom stereocenters. The van der Waals surface area contributed by atoms with Crippen LogP contribution in [-0.2, 0) is 4.79 Å². The van der Waals surface area contributed by atoms with E-state index in [1.165, 1.54) is 25.7 Å². The van der Waals surface area contributed by atoms with E-state index in [2.05, 4.69) is 49.5 Å². The van der Waals surface area contributed by atoms with E-state index < -0.39 is 5.97 Å². The molecule has 0 aromatic rings. The van der Waals surface area contributed by atoms with Crippen LogP contribution in [0.5, 0.6) is 0 Å². The zero-order valence-electron chi connectivity index (χ0n) is 15.0. The molecule has 0 aromatic heterocycles. The molecule has 23 heavy (non-hydrogen) atoms. The van der Waals surface area contributed by atoms with E-state index in [-0.39, 0.29) is 36.0 Å². The standard InChI is InChI=1S/C20H32O2.Na/c1-2-3-4-5-6-7-8-9-10-11-12-13-14-15-16-17-18-19-20(21)22;/h6-7,9-10,12-13,15-16H,2-5,8,11,14,17-19H2,1H3,(H,21,22);/p-1. The number of carbonyl (C=O) groups excluding carboxylic acids is 1. The monoisotopic (exact) mass is 326 g/mol. The molecular weight excluding hydrogens is 295 g/mol. The summed E-state index contributed by atoms with van der Waals surface area (Å²) in [4.78, 5) is 10.2. The third-order valence-corrected chi connectivity index (χ3v) is 3.21. The quantitative estimate of drug-likeness (QED) is 0.268. The van der Waals surface area contributed by atoms with E-state index in [0.717, 1.165) is 25.7 Å². The molecule has 125 valence electrons. The summed E-state index contributed by atoms with van der Waals surface area (Å²) in [6.45, 7) is 2.23. The SMILES string of the molecule is CCCCCC=CCC=CCC=CCC=CCCCC(=O)[O-].[Na]. The second-order valence-corrected chi connectivity index (χ2v) is 5.35. The van der Waals surface area contributed by atoms with Crippen LogP contribution in [0.2, 0.25) is 0 Å². The molecule has 0 aliphatic rings. The maximum Gasteiger partial charge on any atom is 0.0414 e. The van der Waals surface area contributed by atoms with Gasteiger partial charge < -0.3 is 9.90 Å². The number of carbonyl (C=O) groups is 1. The summed E-state index contributed by atoms with van der Waals surface area (Å²) in [6.07, 6.45) is 27.0. The van der Waals surface area contributed by atoms with Gasteiger partial charge in [-0.25, -0.2) is 0 Å². The minimum atomic E-state index is -0.962. The van der Waals surface area contributed by atoms with Gasteiger partial charge >= 0.3 is 0 Å². The van der Waals surface area contributed by atoms with Gasteiger partial charge in [0, 0.05) is 35.5 Å². The van der Waals surface area contributed by atoms with Gasteiger partial charge in [0.05, 0.1) is 0 Å². The van der Waals surface area contributed by atoms with Crippen LogP contribution in [0, 0.1) is 0 Å². The molecule has 0 atom stereocenters. The molecule has 0 aliphatic heterocycles. The average Bonchev–Trinajstić information content (AvgIpc) is 2.50. The first-order chi connectivity index (χ1) is 10.8. The number of hydrogen-bond acceptors (Lipinski definition) is 2. The molecule has 0 fully saturated rings. The molecule has 0 saturated heterocycles. The molecule has 0 aliphatic carbocycles. The van der Waals surface area contributed by atoms with Gasteiger partial charge in [0.15, 0.2) is 0 Å². The van der Waals surface area contributed by atoms with E-state index in [1.807, 2.05) is 6.08 Å². The fraction of sp³-hybridized carbons (Fsp3) is 0.550. The van der Waals surface area contributed by atoms with Crippen LogP contribution >= 0.6 is 0 Å². The van der Waals surface area contributed by atoms with Gasteiger partial charge in [-0.2, -0.15) is 0 Å². The third kappa shape index (κ3) is 23.8. The van der Waals surface area contributed by atoms with Crippen molar-refractivity contribution in [1.82, 2.24) is 0 Å². The fourth-order valence-corrected chi connectivity index (χ4v) is 1.93. The Hall–Kier alpha value is -0.570. The molecule has 0 heterocycles. The van der Waals surface area contributed by atoms with Crippen LogP contribution in [0.3, 0.4) is 0 Å². The van der Waals surface area contributed by atoms with Crippen LogP contribution in [0.1, 0.15) is 71.1 Å². The Kier molecular flexibility index (Phi) is 23.0. The van der Waals surface area contributed by atoms with Crippen molar-refractivity contribution in [1.29, 1.82) is 0 Å². The van der Waals surface area contributed by atoms with Gasteiger partial charge in [0.2, 0.25) is 0 Å². The summed E-state index contributed by atoms with van der Waals surface area (Å²) in [5.41, 5.74) is 0.